The molecule has 0 aliphatic heterocycles. The first kappa shape index (κ1) is 23.9. The van der Waals surface area contributed by atoms with Gasteiger partial charge in [0, 0.05) is 5.92 Å². The molecule has 0 spiro atoms. The van der Waals surface area contributed by atoms with Gasteiger partial charge in [0.05, 0.1) is 11.3 Å². The van der Waals surface area contributed by atoms with Crippen LogP contribution in [0.5, 0.6) is 0 Å². The van der Waals surface area contributed by atoms with Crippen LogP contribution in [-0.2, 0) is 9.53 Å². The summed E-state index contributed by atoms with van der Waals surface area (Å²) >= 11 is 0. The number of carboxylic acids is 1. The lowest BCUT2D eigenvalue weighted by Gasteiger charge is -2.28. The van der Waals surface area contributed by atoms with Crippen molar-refractivity contribution in [1.82, 2.24) is 5.32 Å². The van der Waals surface area contributed by atoms with E-state index >= 15 is 0 Å². The van der Waals surface area contributed by atoms with Gasteiger partial charge >= 0.3 is 12.1 Å². The summed E-state index contributed by atoms with van der Waals surface area (Å²) in [6, 6.07) is 19.0. The molecule has 0 fully saturated rings. The van der Waals surface area contributed by atoms with Crippen LogP contribution in [0.2, 0.25) is 0 Å². The maximum Gasteiger partial charge on any atom is 0.408 e. The van der Waals surface area contributed by atoms with Crippen molar-refractivity contribution in [2.24, 2.45) is 0 Å². The van der Waals surface area contributed by atoms with E-state index in [0.29, 0.717) is 0 Å². The molecule has 35 heavy (non-hydrogen) atoms. The first-order chi connectivity index (χ1) is 16.7. The van der Waals surface area contributed by atoms with E-state index in [9.17, 15) is 18.8 Å². The molecule has 3 aromatic rings. The lowest BCUT2D eigenvalue weighted by Crippen LogP contribution is -2.54. The molecule has 4 rings (SSSR count). The number of alkyl carbamates (subject to hydrolysis) is 1. The fourth-order valence-corrected chi connectivity index (χ4v) is 4.18. The van der Waals surface area contributed by atoms with Crippen LogP contribution in [0.4, 0.5) is 14.9 Å². The van der Waals surface area contributed by atoms with Gasteiger partial charge in [0.1, 0.15) is 18.0 Å². The predicted molar refractivity (Wildman–Crippen MR) is 129 cm³/mol. The van der Waals surface area contributed by atoms with E-state index in [0.717, 1.165) is 40.5 Å². The Balaban J connectivity index is 1.45. The molecule has 3 N–H and O–H groups in total. The van der Waals surface area contributed by atoms with Crippen LogP contribution in [0, 0.1) is 5.82 Å². The quantitative estimate of drug-likeness (QED) is 0.436. The first-order valence-corrected chi connectivity index (χ1v) is 11.2. The van der Waals surface area contributed by atoms with Gasteiger partial charge in [0.15, 0.2) is 0 Å². The average Bonchev–Trinajstić information content (AvgIpc) is 3.17. The van der Waals surface area contributed by atoms with Crippen LogP contribution in [0.15, 0.2) is 66.7 Å². The van der Waals surface area contributed by atoms with Crippen molar-refractivity contribution in [3.8, 4) is 11.1 Å². The van der Waals surface area contributed by atoms with Crippen molar-refractivity contribution in [2.75, 3.05) is 11.9 Å². The second-order valence-electron chi connectivity index (χ2n) is 8.59. The van der Waals surface area contributed by atoms with Crippen molar-refractivity contribution in [1.29, 1.82) is 0 Å². The number of hydrogen-bond acceptors (Lipinski definition) is 4. The Hall–Kier alpha value is -4.20. The van der Waals surface area contributed by atoms with Crippen LogP contribution in [0.1, 0.15) is 47.7 Å². The average molecular weight is 477 g/mol. The monoisotopic (exact) mass is 476 g/mol. The maximum atomic E-state index is 14.2. The van der Waals surface area contributed by atoms with Crippen LogP contribution >= 0.6 is 0 Å². The third-order valence-corrected chi connectivity index (χ3v) is 6.39. The van der Waals surface area contributed by atoms with Gasteiger partial charge in [0.25, 0.3) is 0 Å². The van der Waals surface area contributed by atoms with E-state index in [4.69, 9.17) is 9.84 Å². The van der Waals surface area contributed by atoms with Crippen LogP contribution in [0.25, 0.3) is 11.1 Å². The summed E-state index contributed by atoms with van der Waals surface area (Å²) in [5.74, 6) is -2.88. The topological polar surface area (TPSA) is 105 Å². The molecule has 1 aliphatic carbocycles. The van der Waals surface area contributed by atoms with Gasteiger partial charge in [-0.15, -0.1) is 0 Å². The molecule has 2 amide bonds. The Bertz CT molecular complexity index is 1260. The number of hydrogen-bond donors (Lipinski definition) is 3. The van der Waals surface area contributed by atoms with Gasteiger partial charge in [0.2, 0.25) is 5.91 Å². The lowest BCUT2D eigenvalue weighted by atomic mass is 9.97. The summed E-state index contributed by atoms with van der Waals surface area (Å²) in [7, 11) is 0. The predicted octanol–water partition coefficient (Wildman–Crippen LogP) is 5.17. The van der Waals surface area contributed by atoms with E-state index in [1.807, 2.05) is 48.5 Å². The highest BCUT2D eigenvalue weighted by molar-refractivity contribution is 6.00. The molecule has 7 nitrogen and oxygen atoms in total. The van der Waals surface area contributed by atoms with Gasteiger partial charge in [-0.2, -0.15) is 0 Å². The molecular formula is C27H25FN2O5. The molecule has 0 saturated heterocycles. The minimum absolute atomic E-state index is 0.0799. The van der Waals surface area contributed by atoms with Crippen molar-refractivity contribution in [2.45, 2.75) is 31.7 Å². The Morgan fingerprint density at radius 2 is 1.60 bits per heavy atom. The van der Waals surface area contributed by atoms with E-state index < -0.39 is 29.3 Å². The minimum Gasteiger partial charge on any atom is -0.478 e. The molecule has 0 aromatic heterocycles. The Morgan fingerprint density at radius 1 is 1.00 bits per heavy atom. The lowest BCUT2D eigenvalue weighted by molar-refractivity contribution is -0.121. The van der Waals surface area contributed by atoms with E-state index in [2.05, 4.69) is 10.6 Å². The normalized spacial score (nSPS) is 13.8. The van der Waals surface area contributed by atoms with E-state index in [1.54, 1.807) is 6.92 Å². The standard InChI is InChI=1S/C27H25FN2O5/c1-3-27(2,25(33)29-23-14-16(24(31)32)12-13-22(23)28)30-26(34)35-15-21-19-10-6-4-8-17(19)18-9-5-7-11-20(18)21/h4-14,21H,3,15H2,1-2H3,(H,29,33)(H,30,34)(H,31,32). The Morgan fingerprint density at radius 3 is 2.17 bits per heavy atom. The number of rotatable bonds is 7. The molecule has 1 atom stereocenters. The Kier molecular flexibility index (Phi) is 6.55. The fourth-order valence-electron chi connectivity index (χ4n) is 4.18. The van der Waals surface area contributed by atoms with Crippen LogP contribution < -0.4 is 10.6 Å². The number of ether oxygens (including phenoxy) is 1. The number of carboxylic acid groups (broad SMARTS) is 1. The minimum atomic E-state index is -1.42. The van der Waals surface area contributed by atoms with Gasteiger partial charge in [-0.05, 0) is 53.8 Å². The molecule has 3 aromatic carbocycles. The second-order valence-corrected chi connectivity index (χ2v) is 8.59. The molecule has 1 unspecified atom stereocenters. The highest BCUT2D eigenvalue weighted by atomic mass is 19.1. The molecule has 1 aliphatic rings. The summed E-state index contributed by atoms with van der Waals surface area (Å²) in [6.45, 7) is 3.26. The first-order valence-electron chi connectivity index (χ1n) is 11.2. The second kappa shape index (κ2) is 9.58. The zero-order valence-electron chi connectivity index (χ0n) is 19.3. The number of carbonyl (C=O) groups excluding carboxylic acids is 2. The molecule has 0 bridgehead atoms. The molecule has 180 valence electrons. The third-order valence-electron chi connectivity index (χ3n) is 6.39. The summed E-state index contributed by atoms with van der Waals surface area (Å²) in [5, 5.41) is 14.1. The molecule has 0 radical (unpaired) electrons. The zero-order chi connectivity index (χ0) is 25.2. The van der Waals surface area contributed by atoms with Crippen molar-refractivity contribution in [3.05, 3.63) is 89.2 Å². The summed E-state index contributed by atoms with van der Waals surface area (Å²) in [6.07, 6.45) is -0.602. The maximum absolute atomic E-state index is 14.2. The molecular weight excluding hydrogens is 451 g/mol. The number of anilines is 1. The number of amides is 2. The largest absolute Gasteiger partial charge is 0.478 e. The highest BCUT2D eigenvalue weighted by Gasteiger charge is 2.35. The van der Waals surface area contributed by atoms with Gasteiger partial charge in [-0.1, -0.05) is 55.5 Å². The van der Waals surface area contributed by atoms with Crippen molar-refractivity contribution >= 4 is 23.7 Å². The SMILES string of the molecule is CCC(C)(NC(=O)OCC1c2ccccc2-c2ccccc21)C(=O)Nc1cc(C(=O)O)ccc1F. The van der Waals surface area contributed by atoms with Crippen molar-refractivity contribution in [3.63, 3.8) is 0 Å². The summed E-state index contributed by atoms with van der Waals surface area (Å²) < 4.78 is 19.7. The highest BCUT2D eigenvalue weighted by Crippen LogP contribution is 2.44. The van der Waals surface area contributed by atoms with Crippen LogP contribution in [0.3, 0.4) is 0 Å². The molecule has 8 heteroatoms. The number of fused-ring (bicyclic) bond motifs is 3. The van der Waals surface area contributed by atoms with Gasteiger partial charge in [-0.3, -0.25) is 4.79 Å². The van der Waals surface area contributed by atoms with Crippen LogP contribution in [-0.4, -0.2) is 35.2 Å². The summed E-state index contributed by atoms with van der Waals surface area (Å²) in [5.41, 5.74) is 2.43. The van der Waals surface area contributed by atoms with E-state index in [1.165, 1.54) is 6.92 Å². The molecule has 0 saturated carbocycles. The van der Waals surface area contributed by atoms with Gasteiger partial charge < -0.3 is 20.5 Å². The van der Waals surface area contributed by atoms with Crippen molar-refractivity contribution < 1.29 is 28.6 Å². The number of carbonyl (C=O) groups is 3. The number of aromatic carboxylic acids is 1. The zero-order valence-corrected chi connectivity index (χ0v) is 19.3. The third kappa shape index (κ3) is 4.73. The van der Waals surface area contributed by atoms with Gasteiger partial charge in [-0.25, -0.2) is 14.0 Å². The number of halogens is 1. The number of benzene rings is 3. The summed E-state index contributed by atoms with van der Waals surface area (Å²) in [4.78, 5) is 36.8. The number of nitrogens with one attached hydrogen (secondary N) is 2. The fraction of sp³-hybridized carbons (Fsp3) is 0.222. The van der Waals surface area contributed by atoms with E-state index in [-0.39, 0.29) is 30.2 Å². The molecule has 0 heterocycles. The smallest absolute Gasteiger partial charge is 0.408 e. The Labute approximate surface area is 201 Å².